The summed E-state index contributed by atoms with van der Waals surface area (Å²) in [5.41, 5.74) is 10.6. The molecule has 1 aliphatic heterocycles. The lowest BCUT2D eigenvalue weighted by Gasteiger charge is -2.17. The minimum atomic E-state index is -0.221. The van der Waals surface area contributed by atoms with Gasteiger partial charge in [0.1, 0.15) is 0 Å². The first kappa shape index (κ1) is 19.4. The van der Waals surface area contributed by atoms with Crippen LogP contribution in [0.1, 0.15) is 38.2 Å². The summed E-state index contributed by atoms with van der Waals surface area (Å²) in [4.78, 5) is 14.7. The lowest BCUT2D eigenvalue weighted by Crippen LogP contribution is -2.18. The Hall–Kier alpha value is -2.92. The molecular weight excluding hydrogens is 426 g/mol. The molecule has 4 rings (SSSR count). The van der Waals surface area contributed by atoms with Crippen molar-refractivity contribution in [1.29, 1.82) is 0 Å². The summed E-state index contributed by atoms with van der Waals surface area (Å²) in [5, 5.41) is 4.04. The smallest absolute Gasteiger partial charge is 0.271 e. The van der Waals surface area contributed by atoms with E-state index in [-0.39, 0.29) is 5.91 Å². The van der Waals surface area contributed by atoms with Gasteiger partial charge in [0, 0.05) is 28.8 Å². The van der Waals surface area contributed by atoms with Crippen molar-refractivity contribution in [3.05, 3.63) is 98.5 Å². The maximum Gasteiger partial charge on any atom is 0.271 e. The Balaban J connectivity index is 1.39. The van der Waals surface area contributed by atoms with Gasteiger partial charge in [-0.25, -0.2) is 5.43 Å². The van der Waals surface area contributed by atoms with Crippen molar-refractivity contribution in [3.8, 4) is 0 Å². The fourth-order valence-corrected chi connectivity index (χ4v) is 3.75. The third-order valence-corrected chi connectivity index (χ3v) is 5.81. The van der Waals surface area contributed by atoms with Gasteiger partial charge in [-0.15, -0.1) is 0 Å². The van der Waals surface area contributed by atoms with Crippen molar-refractivity contribution in [1.82, 2.24) is 5.43 Å². The molecule has 0 radical (unpaired) electrons. The lowest BCUT2D eigenvalue weighted by molar-refractivity contribution is 0.0955. The Morgan fingerprint density at radius 2 is 1.55 bits per heavy atom. The number of hydrogen-bond acceptors (Lipinski definition) is 3. The predicted molar refractivity (Wildman–Crippen MR) is 121 cm³/mol. The van der Waals surface area contributed by atoms with Gasteiger partial charge in [0.25, 0.3) is 5.91 Å². The first-order chi connectivity index (χ1) is 14.0. The minimum absolute atomic E-state index is 0.221. The van der Waals surface area contributed by atoms with E-state index in [9.17, 15) is 4.79 Å². The summed E-state index contributed by atoms with van der Waals surface area (Å²) < 4.78 is 1.00. The number of fused-ring (bicyclic) bond motifs is 1. The van der Waals surface area contributed by atoms with Crippen LogP contribution in [0.15, 0.2) is 70.2 Å². The molecule has 1 heterocycles. The van der Waals surface area contributed by atoms with Gasteiger partial charge in [0.15, 0.2) is 0 Å². The second kappa shape index (κ2) is 8.21. The van der Waals surface area contributed by atoms with E-state index in [2.05, 4.69) is 57.3 Å². The zero-order valence-electron chi connectivity index (χ0n) is 16.4. The highest BCUT2D eigenvalue weighted by Crippen LogP contribution is 2.30. The van der Waals surface area contributed by atoms with Gasteiger partial charge >= 0.3 is 0 Å². The second-order valence-corrected chi connectivity index (χ2v) is 8.27. The molecule has 0 atom stereocenters. The van der Waals surface area contributed by atoms with Crippen LogP contribution < -0.4 is 10.3 Å². The average molecular weight is 448 g/mol. The molecule has 0 fully saturated rings. The molecule has 29 heavy (non-hydrogen) atoms. The largest absolute Gasteiger partial charge is 0.363 e. The fourth-order valence-electron chi connectivity index (χ4n) is 3.48. The van der Waals surface area contributed by atoms with Gasteiger partial charge in [0.2, 0.25) is 0 Å². The third-order valence-electron chi connectivity index (χ3n) is 5.28. The van der Waals surface area contributed by atoms with Gasteiger partial charge in [-0.05, 0) is 78.1 Å². The topological polar surface area (TPSA) is 44.7 Å². The standard InChI is InChI=1S/C24H22BrN3O/c1-16-11-20-14-28(15-21(20)12-17(16)2)23-9-5-19(6-10-23)24(29)27-26-13-18-3-7-22(25)8-4-18/h3-13H,14-15H2,1-2H3,(H,27,29)/b26-13-. The molecule has 0 saturated heterocycles. The highest BCUT2D eigenvalue weighted by molar-refractivity contribution is 9.10. The number of aryl methyl sites for hydroxylation is 2. The summed E-state index contributed by atoms with van der Waals surface area (Å²) in [7, 11) is 0. The SMILES string of the molecule is Cc1cc2c(cc1C)CN(c1ccc(C(=O)N/N=C\c3ccc(Br)cc3)cc1)C2. The molecule has 4 nitrogen and oxygen atoms in total. The number of halogens is 1. The molecule has 0 aromatic heterocycles. The van der Waals surface area contributed by atoms with E-state index in [1.807, 2.05) is 48.5 Å². The van der Waals surface area contributed by atoms with Crippen molar-refractivity contribution < 1.29 is 4.79 Å². The van der Waals surface area contributed by atoms with Crippen LogP contribution in [-0.4, -0.2) is 12.1 Å². The van der Waals surface area contributed by atoms with E-state index < -0.39 is 0 Å². The average Bonchev–Trinajstić information content (AvgIpc) is 3.12. The van der Waals surface area contributed by atoms with Gasteiger partial charge in [-0.3, -0.25) is 4.79 Å². The maximum atomic E-state index is 12.3. The van der Waals surface area contributed by atoms with Crippen LogP contribution in [0.5, 0.6) is 0 Å². The molecule has 5 heteroatoms. The number of amides is 1. The van der Waals surface area contributed by atoms with Crippen LogP contribution in [0.4, 0.5) is 5.69 Å². The second-order valence-electron chi connectivity index (χ2n) is 7.36. The van der Waals surface area contributed by atoms with Crippen molar-refractivity contribution in [3.63, 3.8) is 0 Å². The molecule has 0 bridgehead atoms. The van der Waals surface area contributed by atoms with Gasteiger partial charge in [0.05, 0.1) is 6.21 Å². The molecule has 1 N–H and O–H groups in total. The molecular formula is C24H22BrN3O. The lowest BCUT2D eigenvalue weighted by atomic mass is 10.0. The quantitative estimate of drug-likeness (QED) is 0.432. The molecule has 1 amide bonds. The van der Waals surface area contributed by atoms with Crippen LogP contribution >= 0.6 is 15.9 Å². The Labute approximate surface area is 179 Å². The number of carbonyl (C=O) groups is 1. The minimum Gasteiger partial charge on any atom is -0.363 e. The third kappa shape index (κ3) is 4.40. The summed E-state index contributed by atoms with van der Waals surface area (Å²) in [6.07, 6.45) is 1.63. The zero-order chi connectivity index (χ0) is 20.4. The Kier molecular flexibility index (Phi) is 5.49. The molecule has 0 aliphatic carbocycles. The number of benzene rings is 3. The van der Waals surface area contributed by atoms with Crippen LogP contribution in [0.25, 0.3) is 0 Å². The van der Waals surface area contributed by atoms with E-state index >= 15 is 0 Å². The van der Waals surface area contributed by atoms with Crippen molar-refractivity contribution in [2.24, 2.45) is 5.10 Å². The number of rotatable bonds is 4. The van der Waals surface area contributed by atoms with E-state index in [1.165, 1.54) is 22.3 Å². The summed E-state index contributed by atoms with van der Waals surface area (Å²) in [6, 6.07) is 20.0. The van der Waals surface area contributed by atoms with Crippen molar-refractivity contribution in [2.45, 2.75) is 26.9 Å². The van der Waals surface area contributed by atoms with Gasteiger partial charge in [-0.2, -0.15) is 5.10 Å². The molecule has 0 saturated carbocycles. The van der Waals surface area contributed by atoms with Crippen LogP contribution in [0.3, 0.4) is 0 Å². The normalized spacial score (nSPS) is 13.0. The van der Waals surface area contributed by atoms with E-state index in [1.54, 1.807) is 6.21 Å². The zero-order valence-corrected chi connectivity index (χ0v) is 18.0. The van der Waals surface area contributed by atoms with Crippen molar-refractivity contribution >= 4 is 33.7 Å². The monoisotopic (exact) mass is 447 g/mol. The van der Waals surface area contributed by atoms with Gasteiger partial charge < -0.3 is 4.90 Å². The summed E-state index contributed by atoms with van der Waals surface area (Å²) in [6.45, 7) is 6.12. The number of anilines is 1. The highest BCUT2D eigenvalue weighted by Gasteiger charge is 2.20. The van der Waals surface area contributed by atoms with Crippen LogP contribution in [0, 0.1) is 13.8 Å². The Morgan fingerprint density at radius 3 is 2.14 bits per heavy atom. The maximum absolute atomic E-state index is 12.3. The number of nitrogens with zero attached hydrogens (tertiary/aromatic N) is 2. The summed E-state index contributed by atoms with van der Waals surface area (Å²) in [5.74, 6) is -0.221. The number of nitrogens with one attached hydrogen (secondary N) is 1. The highest BCUT2D eigenvalue weighted by atomic mass is 79.9. The van der Waals surface area contributed by atoms with Crippen LogP contribution in [-0.2, 0) is 13.1 Å². The number of hydrazone groups is 1. The predicted octanol–water partition coefficient (Wildman–Crippen LogP) is 5.35. The number of carbonyl (C=O) groups excluding carboxylic acids is 1. The van der Waals surface area contributed by atoms with E-state index in [0.29, 0.717) is 5.56 Å². The van der Waals surface area contributed by atoms with Crippen molar-refractivity contribution in [2.75, 3.05) is 4.90 Å². The first-order valence-corrected chi connectivity index (χ1v) is 10.3. The molecule has 1 aliphatic rings. The Morgan fingerprint density at radius 1 is 0.966 bits per heavy atom. The summed E-state index contributed by atoms with van der Waals surface area (Å²) >= 11 is 3.39. The fraction of sp³-hybridized carbons (Fsp3) is 0.167. The first-order valence-electron chi connectivity index (χ1n) is 9.52. The molecule has 0 spiro atoms. The molecule has 3 aromatic carbocycles. The molecule has 3 aromatic rings. The van der Waals surface area contributed by atoms with E-state index in [0.717, 1.165) is 28.8 Å². The molecule has 0 unspecified atom stereocenters. The van der Waals surface area contributed by atoms with E-state index in [4.69, 9.17) is 0 Å². The number of hydrogen-bond donors (Lipinski definition) is 1. The Bertz CT molecular complexity index is 1040. The van der Waals surface area contributed by atoms with Crippen LogP contribution in [0.2, 0.25) is 0 Å². The molecule has 146 valence electrons. The van der Waals surface area contributed by atoms with Gasteiger partial charge in [-0.1, -0.05) is 40.2 Å².